The molecule has 3 aromatic rings. The second kappa shape index (κ2) is 3.58. The molecule has 0 saturated heterocycles. The third kappa shape index (κ3) is 1.46. The number of nitriles is 1. The van der Waals surface area contributed by atoms with Gasteiger partial charge >= 0.3 is 0 Å². The third-order valence-electron chi connectivity index (χ3n) is 3.40. The largest absolute Gasteiger partial charge is 0.354 e. The summed E-state index contributed by atoms with van der Waals surface area (Å²) in [6.07, 6.45) is 3.63. The van der Waals surface area contributed by atoms with E-state index in [0.29, 0.717) is 0 Å². The fraction of sp³-hybridized carbons (Fsp3) is 0.200. The van der Waals surface area contributed by atoms with Crippen molar-refractivity contribution >= 4 is 21.8 Å². The van der Waals surface area contributed by atoms with Crippen molar-refractivity contribution in [2.45, 2.75) is 19.3 Å². The standard InChI is InChI=1S/C15H13N3/c1-15(2,9-16)10-3-4-13-11(7-10)12-8-17-6-5-14(12)18-13/h3-8,18H,1-2H3. The molecule has 3 heteroatoms. The highest BCUT2D eigenvalue weighted by atomic mass is 14.7. The van der Waals surface area contributed by atoms with Gasteiger partial charge in [-0.2, -0.15) is 5.26 Å². The molecular weight excluding hydrogens is 222 g/mol. The van der Waals surface area contributed by atoms with Crippen LogP contribution in [-0.2, 0) is 5.41 Å². The number of pyridine rings is 1. The predicted molar refractivity (Wildman–Crippen MR) is 72.2 cm³/mol. The van der Waals surface area contributed by atoms with Crippen molar-refractivity contribution in [3.8, 4) is 6.07 Å². The molecule has 88 valence electrons. The fourth-order valence-electron chi connectivity index (χ4n) is 2.19. The van der Waals surface area contributed by atoms with E-state index in [4.69, 9.17) is 0 Å². The van der Waals surface area contributed by atoms with Crippen LogP contribution < -0.4 is 0 Å². The molecule has 0 spiro atoms. The summed E-state index contributed by atoms with van der Waals surface area (Å²) in [5, 5.41) is 11.4. The van der Waals surface area contributed by atoms with Gasteiger partial charge in [0.2, 0.25) is 0 Å². The van der Waals surface area contributed by atoms with Crippen molar-refractivity contribution in [2.75, 3.05) is 0 Å². The van der Waals surface area contributed by atoms with Crippen LogP contribution in [0.15, 0.2) is 36.7 Å². The SMILES string of the molecule is CC(C)(C#N)c1ccc2[nH]c3ccncc3c2c1. The third-order valence-corrected chi connectivity index (χ3v) is 3.40. The molecule has 0 aliphatic heterocycles. The van der Waals surface area contributed by atoms with Crippen molar-refractivity contribution in [1.29, 1.82) is 5.26 Å². The Morgan fingerprint density at radius 2 is 1.94 bits per heavy atom. The summed E-state index contributed by atoms with van der Waals surface area (Å²) in [4.78, 5) is 7.51. The molecule has 1 aromatic carbocycles. The first kappa shape index (κ1) is 10.8. The minimum absolute atomic E-state index is 0.472. The molecule has 0 amide bonds. The number of nitrogens with zero attached hydrogens (tertiary/aromatic N) is 2. The topological polar surface area (TPSA) is 52.5 Å². The monoisotopic (exact) mass is 235 g/mol. The quantitative estimate of drug-likeness (QED) is 0.701. The Morgan fingerprint density at radius 1 is 1.17 bits per heavy atom. The average Bonchev–Trinajstić information content (AvgIpc) is 2.76. The zero-order valence-electron chi connectivity index (χ0n) is 10.4. The Kier molecular flexibility index (Phi) is 2.14. The van der Waals surface area contributed by atoms with Crippen LogP contribution in [0.25, 0.3) is 21.8 Å². The van der Waals surface area contributed by atoms with Crippen molar-refractivity contribution in [3.05, 3.63) is 42.2 Å². The molecule has 18 heavy (non-hydrogen) atoms. The zero-order valence-corrected chi connectivity index (χ0v) is 10.4. The Morgan fingerprint density at radius 3 is 2.72 bits per heavy atom. The number of aromatic amines is 1. The van der Waals surface area contributed by atoms with E-state index in [9.17, 15) is 5.26 Å². The maximum Gasteiger partial charge on any atom is 0.0766 e. The van der Waals surface area contributed by atoms with Crippen molar-refractivity contribution in [1.82, 2.24) is 9.97 Å². The van der Waals surface area contributed by atoms with Crippen LogP contribution in [0.2, 0.25) is 0 Å². The van der Waals surface area contributed by atoms with Crippen LogP contribution >= 0.6 is 0 Å². The van der Waals surface area contributed by atoms with Crippen LogP contribution in [-0.4, -0.2) is 9.97 Å². The summed E-state index contributed by atoms with van der Waals surface area (Å²) in [6.45, 7) is 3.86. The van der Waals surface area contributed by atoms with Crippen molar-refractivity contribution in [3.63, 3.8) is 0 Å². The van der Waals surface area contributed by atoms with Crippen molar-refractivity contribution in [2.24, 2.45) is 0 Å². The molecule has 3 nitrogen and oxygen atoms in total. The van der Waals surface area contributed by atoms with Gasteiger partial charge in [0.05, 0.1) is 11.5 Å². The second-order valence-corrected chi connectivity index (χ2v) is 5.04. The average molecular weight is 235 g/mol. The Hall–Kier alpha value is -2.34. The van der Waals surface area contributed by atoms with Gasteiger partial charge in [-0.3, -0.25) is 4.98 Å². The molecule has 2 heterocycles. The lowest BCUT2D eigenvalue weighted by molar-refractivity contribution is 0.688. The summed E-state index contributed by atoms with van der Waals surface area (Å²) >= 11 is 0. The molecule has 0 bridgehead atoms. The first-order valence-electron chi connectivity index (χ1n) is 5.89. The van der Waals surface area contributed by atoms with E-state index < -0.39 is 5.41 Å². The fourth-order valence-corrected chi connectivity index (χ4v) is 2.19. The normalized spacial score (nSPS) is 11.8. The lowest BCUT2D eigenvalue weighted by Crippen LogP contribution is -2.13. The van der Waals surface area contributed by atoms with Gasteiger partial charge in [0.15, 0.2) is 0 Å². The first-order chi connectivity index (χ1) is 8.62. The zero-order chi connectivity index (χ0) is 12.8. The molecule has 0 aliphatic rings. The number of rotatable bonds is 1. The van der Waals surface area contributed by atoms with Crippen LogP contribution in [0, 0.1) is 11.3 Å². The van der Waals surface area contributed by atoms with E-state index in [0.717, 1.165) is 27.4 Å². The van der Waals surface area contributed by atoms with Gasteiger partial charge in [-0.1, -0.05) is 6.07 Å². The summed E-state index contributed by atoms with van der Waals surface area (Å²) in [5.74, 6) is 0. The molecular formula is C15H13N3. The number of H-pyrrole nitrogens is 1. The van der Waals surface area contributed by atoms with Crippen LogP contribution in [0.3, 0.4) is 0 Å². The number of hydrogen-bond donors (Lipinski definition) is 1. The molecule has 0 saturated carbocycles. The highest BCUT2D eigenvalue weighted by Crippen LogP contribution is 2.30. The van der Waals surface area contributed by atoms with Crippen LogP contribution in [0.5, 0.6) is 0 Å². The maximum atomic E-state index is 9.21. The molecule has 2 aromatic heterocycles. The van der Waals surface area contributed by atoms with Crippen LogP contribution in [0.4, 0.5) is 0 Å². The van der Waals surface area contributed by atoms with Gasteiger partial charge in [0, 0.05) is 34.2 Å². The minimum Gasteiger partial charge on any atom is -0.354 e. The molecule has 0 fully saturated rings. The molecule has 3 rings (SSSR count). The van der Waals surface area contributed by atoms with E-state index in [1.165, 1.54) is 0 Å². The van der Waals surface area contributed by atoms with Gasteiger partial charge < -0.3 is 4.98 Å². The van der Waals surface area contributed by atoms with E-state index >= 15 is 0 Å². The number of fused-ring (bicyclic) bond motifs is 3. The smallest absolute Gasteiger partial charge is 0.0766 e. The minimum atomic E-state index is -0.472. The first-order valence-corrected chi connectivity index (χ1v) is 5.89. The molecule has 0 atom stereocenters. The van der Waals surface area contributed by atoms with Gasteiger partial charge in [-0.05, 0) is 37.6 Å². The van der Waals surface area contributed by atoms with Gasteiger partial charge in [-0.15, -0.1) is 0 Å². The highest BCUT2D eigenvalue weighted by molar-refractivity contribution is 6.07. The number of aromatic nitrogens is 2. The van der Waals surface area contributed by atoms with E-state index in [2.05, 4.69) is 22.1 Å². The predicted octanol–water partition coefficient (Wildman–Crippen LogP) is 3.52. The lowest BCUT2D eigenvalue weighted by Gasteiger charge is -2.15. The second-order valence-electron chi connectivity index (χ2n) is 5.04. The van der Waals surface area contributed by atoms with E-state index in [-0.39, 0.29) is 0 Å². The Balaban J connectivity index is 2.35. The van der Waals surface area contributed by atoms with Gasteiger partial charge in [-0.25, -0.2) is 0 Å². The summed E-state index contributed by atoms with van der Waals surface area (Å²) in [7, 11) is 0. The Labute approximate surface area is 105 Å². The number of nitrogens with one attached hydrogen (secondary N) is 1. The molecule has 0 radical (unpaired) electrons. The van der Waals surface area contributed by atoms with E-state index in [1.807, 2.05) is 38.2 Å². The number of hydrogen-bond acceptors (Lipinski definition) is 2. The Bertz CT molecular complexity index is 775. The highest BCUT2D eigenvalue weighted by Gasteiger charge is 2.20. The molecule has 1 N–H and O–H groups in total. The lowest BCUT2D eigenvalue weighted by atomic mass is 9.86. The summed E-state index contributed by atoms with van der Waals surface area (Å²) in [5.41, 5.74) is 2.71. The van der Waals surface area contributed by atoms with Crippen LogP contribution in [0.1, 0.15) is 19.4 Å². The van der Waals surface area contributed by atoms with Crippen molar-refractivity contribution < 1.29 is 0 Å². The van der Waals surface area contributed by atoms with Gasteiger partial charge in [0.25, 0.3) is 0 Å². The summed E-state index contributed by atoms with van der Waals surface area (Å²) in [6, 6.07) is 10.4. The summed E-state index contributed by atoms with van der Waals surface area (Å²) < 4.78 is 0. The van der Waals surface area contributed by atoms with Gasteiger partial charge in [0.1, 0.15) is 0 Å². The number of benzene rings is 1. The molecule has 0 aliphatic carbocycles. The molecule has 0 unspecified atom stereocenters. The maximum absolute atomic E-state index is 9.21. The van der Waals surface area contributed by atoms with E-state index in [1.54, 1.807) is 6.20 Å².